The fraction of sp³-hybridized carbons (Fsp3) is 0.556. The van der Waals surface area contributed by atoms with Crippen LogP contribution in [0, 0.1) is 23.7 Å². The second-order valence-corrected chi connectivity index (χ2v) is 10.3. The molecule has 0 aromatic heterocycles. The van der Waals surface area contributed by atoms with Crippen molar-refractivity contribution < 1.29 is 4.74 Å². The minimum absolute atomic E-state index is 0.747. The maximum atomic E-state index is 6.23. The number of hydrogen-bond donors (Lipinski definition) is 1. The smallest absolute Gasteiger partial charge is 0.127 e. The van der Waals surface area contributed by atoms with Crippen LogP contribution in [-0.2, 0) is 0 Å². The predicted molar refractivity (Wildman–Crippen MR) is 125 cm³/mol. The second-order valence-electron chi connectivity index (χ2n) is 9.83. The molecule has 4 bridgehead atoms. The summed E-state index contributed by atoms with van der Waals surface area (Å²) in [6.45, 7) is 1.93. The molecule has 3 heteroatoms. The average Bonchev–Trinajstić information content (AvgIpc) is 2.75. The Hall–Kier alpha value is -1.51. The van der Waals surface area contributed by atoms with Gasteiger partial charge in [-0.15, -0.1) is 0 Å². The molecule has 4 aliphatic carbocycles. The Morgan fingerprint density at radius 2 is 1.57 bits per heavy atom. The summed E-state index contributed by atoms with van der Waals surface area (Å²) in [4.78, 5) is 0. The molecule has 2 aromatic rings. The van der Waals surface area contributed by atoms with Gasteiger partial charge >= 0.3 is 0 Å². The van der Waals surface area contributed by atoms with Crippen LogP contribution in [0.4, 0.5) is 0 Å². The number of hydrogen-bond acceptors (Lipinski definition) is 2. The maximum absolute atomic E-state index is 6.23. The lowest BCUT2D eigenvalue weighted by Crippen LogP contribution is -2.54. The van der Waals surface area contributed by atoms with E-state index in [1.807, 2.05) is 24.3 Å². The van der Waals surface area contributed by atoms with Gasteiger partial charge in [0.1, 0.15) is 5.75 Å². The Balaban J connectivity index is 1.04. The van der Waals surface area contributed by atoms with E-state index in [1.165, 1.54) is 45.1 Å². The van der Waals surface area contributed by atoms with Gasteiger partial charge in [-0.1, -0.05) is 41.9 Å². The molecule has 0 unspecified atom stereocenters. The van der Waals surface area contributed by atoms with Crippen molar-refractivity contribution in [2.24, 2.45) is 23.7 Å². The monoisotopic (exact) mass is 423 g/mol. The molecule has 0 atom stereocenters. The van der Waals surface area contributed by atoms with Gasteiger partial charge in [-0.2, -0.15) is 0 Å². The first-order valence-corrected chi connectivity index (χ1v) is 12.3. The van der Waals surface area contributed by atoms with E-state index >= 15 is 0 Å². The van der Waals surface area contributed by atoms with Gasteiger partial charge in [0.25, 0.3) is 0 Å². The number of rotatable bonds is 9. The summed E-state index contributed by atoms with van der Waals surface area (Å²) >= 11 is 6.23. The summed E-state index contributed by atoms with van der Waals surface area (Å²) in [6, 6.07) is 17.1. The molecule has 0 heterocycles. The van der Waals surface area contributed by atoms with Crippen LogP contribution in [0.3, 0.4) is 0 Å². The van der Waals surface area contributed by atoms with Crippen LogP contribution >= 0.6 is 11.6 Å². The quantitative estimate of drug-likeness (QED) is 0.439. The molecular formula is C27H34ClNO. The second kappa shape index (κ2) is 9.32. The lowest BCUT2D eigenvalue weighted by Gasteiger charge is -2.54. The van der Waals surface area contributed by atoms with Crippen molar-refractivity contribution in [2.45, 2.75) is 57.4 Å². The molecule has 0 spiro atoms. The van der Waals surface area contributed by atoms with Gasteiger partial charge in [0.2, 0.25) is 0 Å². The van der Waals surface area contributed by atoms with Crippen molar-refractivity contribution in [3.8, 4) is 16.9 Å². The van der Waals surface area contributed by atoms with Crippen LogP contribution < -0.4 is 10.1 Å². The minimum atomic E-state index is 0.747. The summed E-state index contributed by atoms with van der Waals surface area (Å²) in [5.41, 5.74) is 2.22. The van der Waals surface area contributed by atoms with Gasteiger partial charge in [0, 0.05) is 16.6 Å². The molecule has 0 aliphatic heterocycles. The van der Waals surface area contributed by atoms with Gasteiger partial charge in [-0.25, -0.2) is 0 Å². The molecule has 0 saturated heterocycles. The third-order valence-electron chi connectivity index (χ3n) is 7.71. The maximum Gasteiger partial charge on any atom is 0.127 e. The summed E-state index contributed by atoms with van der Waals surface area (Å²) in [6.07, 6.45) is 11.1. The van der Waals surface area contributed by atoms with Crippen LogP contribution in [0.2, 0.25) is 5.02 Å². The zero-order chi connectivity index (χ0) is 20.3. The van der Waals surface area contributed by atoms with Gasteiger partial charge in [-0.05, 0) is 105 Å². The summed E-state index contributed by atoms with van der Waals surface area (Å²) < 4.78 is 6.14. The Bertz CT molecular complexity index is 808. The van der Waals surface area contributed by atoms with Crippen molar-refractivity contribution in [1.29, 1.82) is 0 Å². The normalized spacial score (nSPS) is 29.3. The topological polar surface area (TPSA) is 21.3 Å². The van der Waals surface area contributed by atoms with Crippen molar-refractivity contribution in [1.82, 2.24) is 5.32 Å². The Labute approximate surface area is 186 Å². The fourth-order valence-corrected chi connectivity index (χ4v) is 6.76. The molecule has 0 radical (unpaired) electrons. The van der Waals surface area contributed by atoms with E-state index in [4.69, 9.17) is 16.3 Å². The van der Waals surface area contributed by atoms with E-state index in [9.17, 15) is 0 Å². The Kier molecular flexibility index (Phi) is 6.34. The molecule has 160 valence electrons. The third-order valence-corrected chi connectivity index (χ3v) is 7.95. The van der Waals surface area contributed by atoms with Gasteiger partial charge in [-0.3, -0.25) is 0 Å². The Morgan fingerprint density at radius 1 is 0.833 bits per heavy atom. The standard InChI is InChI=1S/C27H34ClNO/c28-24-9-10-26(25(18-24)21-7-3-1-4-8-21)30-12-6-2-5-11-29-27-22-14-19-13-20(16-22)17-23(27)15-19/h1,3-4,7-10,18-20,22-23,27,29H,2,5-6,11-17H2. The third kappa shape index (κ3) is 4.55. The van der Waals surface area contributed by atoms with Crippen molar-refractivity contribution in [2.75, 3.05) is 13.2 Å². The fourth-order valence-electron chi connectivity index (χ4n) is 6.58. The average molecular weight is 424 g/mol. The highest BCUT2D eigenvalue weighted by Gasteiger charge is 2.47. The molecule has 6 rings (SSSR count). The van der Waals surface area contributed by atoms with Crippen molar-refractivity contribution >= 4 is 11.6 Å². The van der Waals surface area contributed by atoms with Crippen LogP contribution in [0.5, 0.6) is 5.75 Å². The van der Waals surface area contributed by atoms with E-state index in [0.29, 0.717) is 0 Å². The molecule has 2 nitrogen and oxygen atoms in total. The van der Waals surface area contributed by atoms with E-state index in [0.717, 1.165) is 64.6 Å². The number of ether oxygens (including phenoxy) is 1. The predicted octanol–water partition coefficient (Wildman–Crippen LogP) is 6.97. The Morgan fingerprint density at radius 3 is 2.30 bits per heavy atom. The molecule has 4 aliphatic rings. The minimum Gasteiger partial charge on any atom is -0.493 e. The van der Waals surface area contributed by atoms with Crippen LogP contribution in [0.25, 0.3) is 11.1 Å². The number of halogens is 1. The van der Waals surface area contributed by atoms with E-state index < -0.39 is 0 Å². The largest absolute Gasteiger partial charge is 0.493 e. The highest BCUT2D eigenvalue weighted by atomic mass is 35.5. The van der Waals surface area contributed by atoms with Crippen molar-refractivity contribution in [3.63, 3.8) is 0 Å². The van der Waals surface area contributed by atoms with E-state index in [1.54, 1.807) is 6.42 Å². The molecule has 0 amide bonds. The highest BCUT2D eigenvalue weighted by molar-refractivity contribution is 6.31. The van der Waals surface area contributed by atoms with Gasteiger partial charge in [0.05, 0.1) is 6.61 Å². The summed E-state index contributed by atoms with van der Waals surface area (Å²) in [7, 11) is 0. The first kappa shape index (κ1) is 20.4. The summed E-state index contributed by atoms with van der Waals surface area (Å²) in [5.74, 6) is 5.02. The molecule has 4 fully saturated rings. The lowest BCUT2D eigenvalue weighted by molar-refractivity contribution is -0.0136. The molecular weight excluding hydrogens is 390 g/mol. The van der Waals surface area contributed by atoms with Crippen LogP contribution in [-0.4, -0.2) is 19.2 Å². The SMILES string of the molecule is Clc1ccc(OCCCCCNC2C3CC4CC(C3)CC2C4)c(-c2ccccc2)c1. The molecule has 4 saturated carbocycles. The van der Waals surface area contributed by atoms with Gasteiger partial charge in [0.15, 0.2) is 0 Å². The zero-order valence-corrected chi connectivity index (χ0v) is 18.6. The number of unbranched alkanes of at least 4 members (excludes halogenated alkanes) is 2. The van der Waals surface area contributed by atoms with Crippen LogP contribution in [0.15, 0.2) is 48.5 Å². The number of benzene rings is 2. The summed E-state index contributed by atoms with van der Waals surface area (Å²) in [5, 5.41) is 4.70. The van der Waals surface area contributed by atoms with E-state index in [2.05, 4.69) is 29.6 Å². The van der Waals surface area contributed by atoms with E-state index in [-0.39, 0.29) is 0 Å². The zero-order valence-electron chi connectivity index (χ0n) is 17.9. The first-order chi connectivity index (χ1) is 14.8. The van der Waals surface area contributed by atoms with Crippen molar-refractivity contribution in [3.05, 3.63) is 53.6 Å². The van der Waals surface area contributed by atoms with Crippen LogP contribution in [0.1, 0.15) is 51.4 Å². The lowest BCUT2D eigenvalue weighted by atomic mass is 9.54. The highest BCUT2D eigenvalue weighted by Crippen LogP contribution is 2.53. The first-order valence-electron chi connectivity index (χ1n) is 12.0. The molecule has 2 aromatic carbocycles. The van der Waals surface area contributed by atoms with Gasteiger partial charge < -0.3 is 10.1 Å². The number of nitrogens with one attached hydrogen (secondary N) is 1. The molecule has 30 heavy (non-hydrogen) atoms. The molecule has 1 N–H and O–H groups in total.